The zero-order valence-corrected chi connectivity index (χ0v) is 13.6. The van der Waals surface area contributed by atoms with Gasteiger partial charge in [0.15, 0.2) is 0 Å². The van der Waals surface area contributed by atoms with Gasteiger partial charge in [-0.3, -0.25) is 4.79 Å². The quantitative estimate of drug-likeness (QED) is 0.846. The number of nitrogens with zero attached hydrogens (tertiary/aromatic N) is 2. The summed E-state index contributed by atoms with van der Waals surface area (Å²) in [6.45, 7) is 2.01. The molecule has 1 aromatic carbocycles. The number of amides is 1. The molecule has 1 amide bonds. The SMILES string of the molecule is Cc1ccc(-c2noc(C(=O)N(C)C3CCCC3)c2Cl)cc1. The molecule has 1 heterocycles. The van der Waals surface area contributed by atoms with Crippen molar-refractivity contribution in [1.29, 1.82) is 0 Å². The van der Waals surface area contributed by atoms with Crippen molar-refractivity contribution in [2.45, 2.75) is 38.6 Å². The summed E-state index contributed by atoms with van der Waals surface area (Å²) in [6.07, 6.45) is 4.42. The summed E-state index contributed by atoms with van der Waals surface area (Å²) in [7, 11) is 1.81. The van der Waals surface area contributed by atoms with E-state index in [1.165, 1.54) is 12.8 Å². The summed E-state index contributed by atoms with van der Waals surface area (Å²) in [5, 5.41) is 4.28. The first kappa shape index (κ1) is 15.1. The maximum atomic E-state index is 12.6. The van der Waals surface area contributed by atoms with E-state index in [9.17, 15) is 4.79 Å². The lowest BCUT2D eigenvalue weighted by Gasteiger charge is -2.22. The van der Waals surface area contributed by atoms with Gasteiger partial charge in [0.05, 0.1) is 0 Å². The van der Waals surface area contributed by atoms with Gasteiger partial charge in [0.25, 0.3) is 5.91 Å². The molecule has 0 spiro atoms. The van der Waals surface area contributed by atoms with Crippen LogP contribution in [0.5, 0.6) is 0 Å². The van der Waals surface area contributed by atoms with Crippen LogP contribution in [0.15, 0.2) is 28.8 Å². The number of hydrogen-bond acceptors (Lipinski definition) is 3. The van der Waals surface area contributed by atoms with Crippen molar-refractivity contribution >= 4 is 17.5 Å². The average molecular weight is 319 g/mol. The minimum atomic E-state index is -0.192. The van der Waals surface area contributed by atoms with Crippen molar-refractivity contribution in [3.05, 3.63) is 40.6 Å². The number of carbonyl (C=O) groups excluding carboxylic acids is 1. The largest absolute Gasteiger partial charge is 0.349 e. The van der Waals surface area contributed by atoms with Gasteiger partial charge >= 0.3 is 0 Å². The van der Waals surface area contributed by atoms with Gasteiger partial charge in [-0.2, -0.15) is 0 Å². The predicted octanol–water partition coefficient (Wildman–Crippen LogP) is 4.32. The summed E-state index contributed by atoms with van der Waals surface area (Å²) in [5.41, 5.74) is 2.52. The number of aromatic nitrogens is 1. The van der Waals surface area contributed by atoms with Gasteiger partial charge in [0.2, 0.25) is 5.76 Å². The molecule has 3 rings (SSSR count). The van der Waals surface area contributed by atoms with Crippen LogP contribution in [0, 0.1) is 6.92 Å². The van der Waals surface area contributed by atoms with E-state index < -0.39 is 0 Å². The standard InChI is InChI=1S/C17H19ClN2O2/c1-11-7-9-12(10-8-11)15-14(18)16(22-19-15)17(21)20(2)13-5-3-4-6-13/h7-10,13H,3-6H2,1-2H3. The van der Waals surface area contributed by atoms with E-state index in [1.54, 1.807) is 4.90 Å². The number of aryl methyl sites for hydroxylation is 1. The second-order valence-electron chi connectivity index (χ2n) is 5.89. The molecule has 1 fully saturated rings. The molecule has 0 unspecified atom stereocenters. The Kier molecular flexibility index (Phi) is 4.21. The molecule has 22 heavy (non-hydrogen) atoms. The van der Waals surface area contributed by atoms with Crippen LogP contribution in [0.3, 0.4) is 0 Å². The first-order chi connectivity index (χ1) is 10.6. The zero-order chi connectivity index (χ0) is 15.7. The van der Waals surface area contributed by atoms with Gasteiger partial charge in [-0.05, 0) is 19.8 Å². The Morgan fingerprint density at radius 3 is 2.55 bits per heavy atom. The van der Waals surface area contributed by atoms with Crippen LogP contribution in [0.2, 0.25) is 5.02 Å². The maximum absolute atomic E-state index is 12.6. The minimum absolute atomic E-state index is 0.131. The topological polar surface area (TPSA) is 46.3 Å². The van der Waals surface area contributed by atoms with E-state index in [2.05, 4.69) is 5.16 Å². The monoisotopic (exact) mass is 318 g/mol. The van der Waals surface area contributed by atoms with Crippen molar-refractivity contribution < 1.29 is 9.32 Å². The summed E-state index contributed by atoms with van der Waals surface area (Å²) < 4.78 is 5.25. The summed E-state index contributed by atoms with van der Waals surface area (Å²) in [6, 6.07) is 8.08. The molecule has 1 aromatic heterocycles. The van der Waals surface area contributed by atoms with Gasteiger partial charge in [-0.1, -0.05) is 59.4 Å². The predicted molar refractivity (Wildman–Crippen MR) is 86.0 cm³/mol. The second-order valence-corrected chi connectivity index (χ2v) is 6.27. The number of carbonyl (C=O) groups is 1. The first-order valence-electron chi connectivity index (χ1n) is 7.57. The third kappa shape index (κ3) is 2.75. The van der Waals surface area contributed by atoms with E-state index in [1.807, 2.05) is 38.2 Å². The third-order valence-electron chi connectivity index (χ3n) is 4.35. The first-order valence-corrected chi connectivity index (χ1v) is 7.95. The van der Waals surface area contributed by atoms with Crippen molar-refractivity contribution in [2.24, 2.45) is 0 Å². The summed E-state index contributed by atoms with van der Waals surface area (Å²) >= 11 is 6.34. The Balaban J connectivity index is 1.86. The van der Waals surface area contributed by atoms with E-state index in [0.717, 1.165) is 24.0 Å². The van der Waals surface area contributed by atoms with Crippen LogP contribution in [0.25, 0.3) is 11.3 Å². The summed E-state index contributed by atoms with van der Waals surface area (Å²) in [5.74, 6) is -0.0607. The lowest BCUT2D eigenvalue weighted by Crippen LogP contribution is -2.35. The molecule has 1 saturated carbocycles. The molecule has 0 atom stereocenters. The van der Waals surface area contributed by atoms with Crippen LogP contribution in [-0.2, 0) is 0 Å². The molecule has 116 valence electrons. The van der Waals surface area contributed by atoms with Crippen LogP contribution in [-0.4, -0.2) is 29.1 Å². The molecule has 0 bridgehead atoms. The fourth-order valence-corrected chi connectivity index (χ4v) is 3.18. The highest BCUT2D eigenvalue weighted by Gasteiger charge is 2.29. The Bertz CT molecular complexity index is 672. The van der Waals surface area contributed by atoms with Crippen LogP contribution < -0.4 is 0 Å². The fraction of sp³-hybridized carbons (Fsp3) is 0.412. The van der Waals surface area contributed by atoms with Gasteiger partial charge in [0.1, 0.15) is 10.7 Å². The van der Waals surface area contributed by atoms with E-state index in [4.69, 9.17) is 16.1 Å². The van der Waals surface area contributed by atoms with Crippen LogP contribution in [0.1, 0.15) is 41.8 Å². The smallest absolute Gasteiger partial charge is 0.294 e. The van der Waals surface area contributed by atoms with E-state index in [-0.39, 0.29) is 17.7 Å². The molecular weight excluding hydrogens is 300 g/mol. The Morgan fingerprint density at radius 2 is 1.91 bits per heavy atom. The molecule has 0 radical (unpaired) electrons. The van der Waals surface area contributed by atoms with Crippen molar-refractivity contribution in [1.82, 2.24) is 10.1 Å². The minimum Gasteiger partial charge on any atom is -0.349 e. The third-order valence-corrected chi connectivity index (χ3v) is 4.70. The Hall–Kier alpha value is -1.81. The fourth-order valence-electron chi connectivity index (χ4n) is 2.92. The second kappa shape index (κ2) is 6.13. The lowest BCUT2D eigenvalue weighted by atomic mass is 10.1. The number of benzene rings is 1. The highest BCUT2D eigenvalue weighted by Crippen LogP contribution is 2.32. The number of hydrogen-bond donors (Lipinski definition) is 0. The molecule has 5 heteroatoms. The molecule has 0 N–H and O–H groups in total. The van der Waals surface area contributed by atoms with Crippen LogP contribution >= 0.6 is 11.6 Å². The van der Waals surface area contributed by atoms with Crippen LogP contribution in [0.4, 0.5) is 0 Å². The highest BCUT2D eigenvalue weighted by atomic mass is 35.5. The van der Waals surface area contributed by atoms with Gasteiger partial charge in [0, 0.05) is 18.7 Å². The Morgan fingerprint density at radius 1 is 1.27 bits per heavy atom. The number of halogens is 1. The number of rotatable bonds is 3. The lowest BCUT2D eigenvalue weighted by molar-refractivity contribution is 0.0693. The van der Waals surface area contributed by atoms with Gasteiger partial charge in [-0.15, -0.1) is 0 Å². The molecule has 0 aliphatic heterocycles. The normalized spacial score (nSPS) is 15.2. The molecule has 4 nitrogen and oxygen atoms in total. The van der Waals surface area contributed by atoms with Gasteiger partial charge in [-0.25, -0.2) is 0 Å². The maximum Gasteiger partial charge on any atom is 0.294 e. The molecule has 1 aliphatic rings. The molecular formula is C17H19ClN2O2. The van der Waals surface area contributed by atoms with Crippen molar-refractivity contribution in [2.75, 3.05) is 7.05 Å². The summed E-state index contributed by atoms with van der Waals surface area (Å²) in [4.78, 5) is 14.3. The molecule has 1 aliphatic carbocycles. The molecule has 2 aromatic rings. The highest BCUT2D eigenvalue weighted by molar-refractivity contribution is 6.35. The zero-order valence-electron chi connectivity index (χ0n) is 12.8. The molecule has 0 saturated heterocycles. The Labute approximate surface area is 135 Å². The van der Waals surface area contributed by atoms with Crippen molar-refractivity contribution in [3.63, 3.8) is 0 Å². The van der Waals surface area contributed by atoms with Gasteiger partial charge < -0.3 is 9.42 Å². The van der Waals surface area contributed by atoms with E-state index >= 15 is 0 Å². The van der Waals surface area contributed by atoms with Crippen molar-refractivity contribution in [3.8, 4) is 11.3 Å². The average Bonchev–Trinajstić information content (AvgIpc) is 3.16. The van der Waals surface area contributed by atoms with E-state index in [0.29, 0.717) is 10.7 Å².